The van der Waals surface area contributed by atoms with Crippen molar-refractivity contribution in [2.75, 3.05) is 12.8 Å². The van der Waals surface area contributed by atoms with E-state index in [-0.39, 0.29) is 0 Å². The highest BCUT2D eigenvalue weighted by atomic mass is 32.2. The standard InChI is InChI=1S/C10H19NS/c1-3-4-7-11-9-5-6-10(8-9)12-2/h3,9-11H,1,4-8H2,2H3. The molecule has 1 rings (SSSR count). The summed E-state index contributed by atoms with van der Waals surface area (Å²) in [5.74, 6) is 0. The summed E-state index contributed by atoms with van der Waals surface area (Å²) in [6, 6.07) is 0.780. The first-order valence-electron chi connectivity index (χ1n) is 4.74. The molecule has 1 aliphatic rings. The fourth-order valence-corrected chi connectivity index (χ4v) is 2.53. The number of thioether (sulfide) groups is 1. The molecule has 1 fully saturated rings. The van der Waals surface area contributed by atoms with Gasteiger partial charge in [0.1, 0.15) is 0 Å². The average molecular weight is 185 g/mol. The van der Waals surface area contributed by atoms with E-state index in [0.717, 1.165) is 24.3 Å². The summed E-state index contributed by atoms with van der Waals surface area (Å²) in [4.78, 5) is 0. The Morgan fingerprint density at radius 2 is 2.42 bits per heavy atom. The van der Waals surface area contributed by atoms with Crippen LogP contribution in [-0.4, -0.2) is 24.1 Å². The molecule has 70 valence electrons. The van der Waals surface area contributed by atoms with Crippen LogP contribution in [0.15, 0.2) is 12.7 Å². The molecule has 0 heterocycles. The van der Waals surface area contributed by atoms with Crippen molar-refractivity contribution in [1.82, 2.24) is 5.32 Å². The molecule has 0 aromatic heterocycles. The van der Waals surface area contributed by atoms with Crippen molar-refractivity contribution in [1.29, 1.82) is 0 Å². The summed E-state index contributed by atoms with van der Waals surface area (Å²) in [5.41, 5.74) is 0. The van der Waals surface area contributed by atoms with Crippen LogP contribution in [0, 0.1) is 0 Å². The molecule has 0 bridgehead atoms. The van der Waals surface area contributed by atoms with Gasteiger partial charge in [-0.1, -0.05) is 6.08 Å². The first-order chi connectivity index (χ1) is 5.86. The third-order valence-electron chi connectivity index (χ3n) is 2.50. The molecule has 0 aliphatic heterocycles. The van der Waals surface area contributed by atoms with E-state index in [4.69, 9.17) is 0 Å². The molecule has 1 aliphatic carbocycles. The minimum Gasteiger partial charge on any atom is -0.314 e. The Bertz CT molecular complexity index is 136. The Morgan fingerprint density at radius 3 is 3.00 bits per heavy atom. The van der Waals surface area contributed by atoms with Gasteiger partial charge in [0.25, 0.3) is 0 Å². The molecule has 0 spiro atoms. The third kappa shape index (κ3) is 3.20. The van der Waals surface area contributed by atoms with E-state index < -0.39 is 0 Å². The van der Waals surface area contributed by atoms with Crippen molar-refractivity contribution >= 4 is 11.8 Å². The summed E-state index contributed by atoms with van der Waals surface area (Å²) < 4.78 is 0. The van der Waals surface area contributed by atoms with Crippen LogP contribution < -0.4 is 5.32 Å². The lowest BCUT2D eigenvalue weighted by molar-refractivity contribution is 0.531. The van der Waals surface area contributed by atoms with E-state index in [9.17, 15) is 0 Å². The summed E-state index contributed by atoms with van der Waals surface area (Å²) in [5, 5.41) is 4.47. The number of nitrogens with one attached hydrogen (secondary N) is 1. The van der Waals surface area contributed by atoms with Gasteiger partial charge in [0.15, 0.2) is 0 Å². The minimum atomic E-state index is 0.780. The summed E-state index contributed by atoms with van der Waals surface area (Å²) in [6.45, 7) is 4.82. The molecular weight excluding hydrogens is 166 g/mol. The van der Waals surface area contributed by atoms with Gasteiger partial charge in [0, 0.05) is 11.3 Å². The molecule has 0 amide bonds. The zero-order chi connectivity index (χ0) is 8.81. The fraction of sp³-hybridized carbons (Fsp3) is 0.800. The van der Waals surface area contributed by atoms with Gasteiger partial charge in [0.05, 0.1) is 0 Å². The smallest absolute Gasteiger partial charge is 0.00781 e. The minimum absolute atomic E-state index is 0.780. The first-order valence-corrected chi connectivity index (χ1v) is 6.02. The predicted octanol–water partition coefficient (Wildman–Crippen LogP) is 2.44. The second-order valence-corrected chi connectivity index (χ2v) is 4.54. The van der Waals surface area contributed by atoms with Gasteiger partial charge in [-0.15, -0.1) is 6.58 Å². The van der Waals surface area contributed by atoms with Crippen LogP contribution in [0.5, 0.6) is 0 Å². The molecule has 1 N–H and O–H groups in total. The van der Waals surface area contributed by atoms with Crippen molar-refractivity contribution in [3.8, 4) is 0 Å². The summed E-state index contributed by atoms with van der Waals surface area (Å²) in [7, 11) is 0. The van der Waals surface area contributed by atoms with Crippen molar-refractivity contribution in [3.05, 3.63) is 12.7 Å². The van der Waals surface area contributed by atoms with E-state index >= 15 is 0 Å². The van der Waals surface area contributed by atoms with Gasteiger partial charge in [0.2, 0.25) is 0 Å². The maximum atomic E-state index is 3.71. The fourth-order valence-electron chi connectivity index (χ4n) is 1.73. The zero-order valence-corrected chi connectivity index (χ0v) is 8.70. The molecule has 2 unspecified atom stereocenters. The highest BCUT2D eigenvalue weighted by Crippen LogP contribution is 2.27. The molecule has 0 aromatic carbocycles. The molecule has 0 radical (unpaired) electrons. The molecule has 2 heteroatoms. The Morgan fingerprint density at radius 1 is 1.58 bits per heavy atom. The van der Waals surface area contributed by atoms with Crippen molar-refractivity contribution in [2.45, 2.75) is 37.0 Å². The number of hydrogen-bond donors (Lipinski definition) is 1. The van der Waals surface area contributed by atoms with Gasteiger partial charge < -0.3 is 5.32 Å². The maximum absolute atomic E-state index is 3.71. The Kier molecular flexibility index (Phi) is 4.77. The molecule has 12 heavy (non-hydrogen) atoms. The number of hydrogen-bond acceptors (Lipinski definition) is 2. The molecule has 1 nitrogen and oxygen atoms in total. The van der Waals surface area contributed by atoms with Crippen LogP contribution in [0.3, 0.4) is 0 Å². The van der Waals surface area contributed by atoms with Crippen LogP contribution >= 0.6 is 11.8 Å². The van der Waals surface area contributed by atoms with Crippen LogP contribution in [0.25, 0.3) is 0 Å². The van der Waals surface area contributed by atoms with Crippen LogP contribution in [0.4, 0.5) is 0 Å². The zero-order valence-electron chi connectivity index (χ0n) is 7.88. The largest absolute Gasteiger partial charge is 0.314 e. The first kappa shape index (κ1) is 10.1. The van der Waals surface area contributed by atoms with E-state index in [1.54, 1.807) is 0 Å². The quantitative estimate of drug-likeness (QED) is 0.521. The average Bonchev–Trinajstić information content (AvgIpc) is 2.53. The van der Waals surface area contributed by atoms with Gasteiger partial charge in [-0.3, -0.25) is 0 Å². The van der Waals surface area contributed by atoms with Crippen molar-refractivity contribution < 1.29 is 0 Å². The van der Waals surface area contributed by atoms with Crippen LogP contribution in [0.2, 0.25) is 0 Å². The lowest BCUT2D eigenvalue weighted by Crippen LogP contribution is -2.27. The van der Waals surface area contributed by atoms with Crippen LogP contribution in [-0.2, 0) is 0 Å². The molecular formula is C10H19NS. The van der Waals surface area contributed by atoms with E-state index in [2.05, 4.69) is 18.2 Å². The monoisotopic (exact) mass is 185 g/mol. The predicted molar refractivity (Wildman–Crippen MR) is 57.8 cm³/mol. The highest BCUT2D eigenvalue weighted by molar-refractivity contribution is 7.99. The number of rotatable bonds is 5. The molecule has 0 aromatic rings. The molecule has 2 atom stereocenters. The highest BCUT2D eigenvalue weighted by Gasteiger charge is 2.22. The van der Waals surface area contributed by atoms with E-state index in [1.165, 1.54) is 19.3 Å². The lowest BCUT2D eigenvalue weighted by atomic mass is 10.2. The second-order valence-electron chi connectivity index (χ2n) is 3.40. The third-order valence-corrected chi connectivity index (χ3v) is 3.59. The Hall–Kier alpha value is 0.0500. The normalized spacial score (nSPS) is 29.1. The van der Waals surface area contributed by atoms with Gasteiger partial charge >= 0.3 is 0 Å². The molecule has 1 saturated carbocycles. The topological polar surface area (TPSA) is 12.0 Å². The summed E-state index contributed by atoms with van der Waals surface area (Å²) >= 11 is 2.02. The SMILES string of the molecule is C=CCCNC1CCC(SC)C1. The van der Waals surface area contributed by atoms with E-state index in [1.807, 2.05) is 17.8 Å². The van der Waals surface area contributed by atoms with Crippen molar-refractivity contribution in [3.63, 3.8) is 0 Å². The van der Waals surface area contributed by atoms with Gasteiger partial charge in [-0.05, 0) is 38.5 Å². The Balaban J connectivity index is 2.06. The Labute approximate surface area is 80.0 Å². The second kappa shape index (κ2) is 5.65. The van der Waals surface area contributed by atoms with Gasteiger partial charge in [-0.2, -0.15) is 11.8 Å². The maximum Gasteiger partial charge on any atom is 0.00781 e. The molecule has 0 saturated heterocycles. The van der Waals surface area contributed by atoms with Gasteiger partial charge in [-0.25, -0.2) is 0 Å². The van der Waals surface area contributed by atoms with E-state index in [0.29, 0.717) is 0 Å². The van der Waals surface area contributed by atoms with Crippen molar-refractivity contribution in [2.24, 2.45) is 0 Å². The summed E-state index contributed by atoms with van der Waals surface area (Å²) in [6.07, 6.45) is 9.42. The van der Waals surface area contributed by atoms with Crippen LogP contribution in [0.1, 0.15) is 25.7 Å². The lowest BCUT2D eigenvalue weighted by Gasteiger charge is -2.11.